The molecule has 2 rings (SSSR count). The first-order valence-electron chi connectivity index (χ1n) is 6.56. The summed E-state index contributed by atoms with van der Waals surface area (Å²) >= 11 is 0. The average Bonchev–Trinajstić information content (AvgIpc) is 2.94. The third-order valence-corrected chi connectivity index (χ3v) is 3.51. The second kappa shape index (κ2) is 6.16. The maximum atomic E-state index is 11.9. The van der Waals surface area contributed by atoms with Gasteiger partial charge in [0.05, 0.1) is 24.8 Å². The zero-order valence-electron chi connectivity index (χ0n) is 11.4. The van der Waals surface area contributed by atoms with Gasteiger partial charge in [-0.15, -0.1) is 0 Å². The minimum atomic E-state index is -0.469. The number of aromatic nitrogens is 2. The van der Waals surface area contributed by atoms with E-state index in [2.05, 4.69) is 10.2 Å². The van der Waals surface area contributed by atoms with Crippen LogP contribution in [0.15, 0.2) is 6.07 Å². The molecule has 6 nitrogen and oxygen atoms in total. The monoisotopic (exact) mass is 267 g/mol. The summed E-state index contributed by atoms with van der Waals surface area (Å²) in [7, 11) is 1.58. The lowest BCUT2D eigenvalue weighted by Crippen LogP contribution is -2.30. The van der Waals surface area contributed by atoms with Gasteiger partial charge in [-0.1, -0.05) is 0 Å². The van der Waals surface area contributed by atoms with Crippen LogP contribution in [0.5, 0.6) is 0 Å². The molecule has 0 aliphatic carbocycles. The van der Waals surface area contributed by atoms with Crippen molar-refractivity contribution in [2.45, 2.75) is 25.9 Å². The SMILES string of the molecule is COCCC(=O)N1C[C@@H](Cc2cc(C)[nH]n2)[C@H](O)C1. The fourth-order valence-corrected chi connectivity index (χ4v) is 2.45. The Morgan fingerprint density at radius 3 is 3.05 bits per heavy atom. The molecule has 1 fully saturated rings. The predicted molar refractivity (Wildman–Crippen MR) is 69.6 cm³/mol. The normalized spacial score (nSPS) is 23.0. The lowest BCUT2D eigenvalue weighted by Gasteiger charge is -2.15. The molecule has 1 aliphatic rings. The summed E-state index contributed by atoms with van der Waals surface area (Å²) in [6.45, 7) is 3.38. The molecule has 2 N–H and O–H groups in total. The average molecular weight is 267 g/mol. The topological polar surface area (TPSA) is 78.5 Å². The number of amides is 1. The quantitative estimate of drug-likeness (QED) is 0.794. The van der Waals surface area contributed by atoms with Gasteiger partial charge in [0.15, 0.2) is 0 Å². The molecule has 0 bridgehead atoms. The van der Waals surface area contributed by atoms with Crippen LogP contribution in [0.2, 0.25) is 0 Å². The number of carbonyl (C=O) groups is 1. The van der Waals surface area contributed by atoms with E-state index in [9.17, 15) is 9.90 Å². The molecule has 2 atom stereocenters. The van der Waals surface area contributed by atoms with Gasteiger partial charge in [0.25, 0.3) is 0 Å². The van der Waals surface area contributed by atoms with E-state index in [1.54, 1.807) is 12.0 Å². The molecule has 0 saturated carbocycles. The summed E-state index contributed by atoms with van der Waals surface area (Å²) in [6, 6.07) is 1.97. The van der Waals surface area contributed by atoms with Crippen molar-refractivity contribution in [1.29, 1.82) is 0 Å². The van der Waals surface area contributed by atoms with Crippen LogP contribution in [0.25, 0.3) is 0 Å². The zero-order valence-corrected chi connectivity index (χ0v) is 11.4. The van der Waals surface area contributed by atoms with Crippen LogP contribution in [0, 0.1) is 12.8 Å². The standard InChI is InChI=1S/C13H21N3O3/c1-9-5-11(15-14-9)6-10-7-16(8-12(10)17)13(18)3-4-19-2/h5,10,12,17H,3-4,6-8H2,1-2H3,(H,14,15)/t10-,12-/m1/s1. The van der Waals surface area contributed by atoms with Gasteiger partial charge in [0.1, 0.15) is 0 Å². The maximum Gasteiger partial charge on any atom is 0.224 e. The molecule has 1 aromatic rings. The molecule has 2 heterocycles. The Kier molecular flexibility index (Phi) is 4.55. The van der Waals surface area contributed by atoms with E-state index in [-0.39, 0.29) is 11.8 Å². The van der Waals surface area contributed by atoms with Crippen molar-refractivity contribution in [3.05, 3.63) is 17.5 Å². The van der Waals surface area contributed by atoms with E-state index in [4.69, 9.17) is 4.74 Å². The Morgan fingerprint density at radius 2 is 2.42 bits per heavy atom. The fraction of sp³-hybridized carbons (Fsp3) is 0.692. The van der Waals surface area contributed by atoms with Gasteiger partial charge in [0.2, 0.25) is 5.91 Å². The van der Waals surface area contributed by atoms with Crippen LogP contribution >= 0.6 is 0 Å². The molecule has 0 aromatic carbocycles. The number of β-amino-alcohol motifs (C(OH)–C–C–N with tert-alkyl or cyclic N) is 1. The van der Waals surface area contributed by atoms with Crippen LogP contribution in [-0.4, -0.2) is 59.0 Å². The fourth-order valence-electron chi connectivity index (χ4n) is 2.45. The molecule has 106 valence electrons. The number of nitrogens with zero attached hydrogens (tertiary/aromatic N) is 2. The van der Waals surface area contributed by atoms with E-state index in [1.165, 1.54) is 0 Å². The molecule has 6 heteroatoms. The van der Waals surface area contributed by atoms with Crippen LogP contribution in [0.4, 0.5) is 0 Å². The smallest absolute Gasteiger partial charge is 0.224 e. The summed E-state index contributed by atoms with van der Waals surface area (Å²) in [5, 5.41) is 17.1. The first kappa shape index (κ1) is 14.0. The molecule has 0 unspecified atom stereocenters. The van der Waals surface area contributed by atoms with E-state index in [1.807, 2.05) is 13.0 Å². The van der Waals surface area contributed by atoms with Gasteiger partial charge in [-0.05, 0) is 19.4 Å². The van der Waals surface area contributed by atoms with Gasteiger partial charge >= 0.3 is 0 Å². The minimum absolute atomic E-state index is 0.0432. The number of aliphatic hydroxyl groups excluding tert-OH is 1. The number of nitrogens with one attached hydrogen (secondary N) is 1. The Morgan fingerprint density at radius 1 is 1.63 bits per heavy atom. The molecule has 1 saturated heterocycles. The number of aliphatic hydroxyl groups is 1. The third-order valence-electron chi connectivity index (χ3n) is 3.51. The van der Waals surface area contributed by atoms with Crippen molar-refractivity contribution >= 4 is 5.91 Å². The predicted octanol–water partition coefficient (Wildman–Crippen LogP) is 0.116. The van der Waals surface area contributed by atoms with Crippen molar-refractivity contribution in [2.75, 3.05) is 26.8 Å². The van der Waals surface area contributed by atoms with Gasteiger partial charge in [-0.3, -0.25) is 9.89 Å². The lowest BCUT2D eigenvalue weighted by molar-refractivity contribution is -0.131. The van der Waals surface area contributed by atoms with Crippen molar-refractivity contribution in [2.24, 2.45) is 5.92 Å². The molecule has 1 aliphatic heterocycles. The largest absolute Gasteiger partial charge is 0.391 e. The number of ether oxygens (including phenoxy) is 1. The van der Waals surface area contributed by atoms with Gasteiger partial charge in [-0.2, -0.15) is 5.10 Å². The Balaban J connectivity index is 1.88. The number of rotatable bonds is 5. The molecular formula is C13H21N3O3. The molecular weight excluding hydrogens is 246 g/mol. The molecule has 1 aromatic heterocycles. The van der Waals surface area contributed by atoms with E-state index >= 15 is 0 Å². The second-order valence-corrected chi connectivity index (χ2v) is 5.12. The summed E-state index contributed by atoms with van der Waals surface area (Å²) in [4.78, 5) is 13.6. The number of H-pyrrole nitrogens is 1. The third kappa shape index (κ3) is 3.54. The number of aryl methyl sites for hydroxylation is 1. The van der Waals surface area contributed by atoms with Gasteiger partial charge in [0, 0.05) is 31.8 Å². The number of likely N-dealkylation sites (tertiary alicyclic amines) is 1. The van der Waals surface area contributed by atoms with Crippen molar-refractivity contribution < 1.29 is 14.6 Å². The Bertz CT molecular complexity index is 433. The molecule has 19 heavy (non-hydrogen) atoms. The first-order valence-corrected chi connectivity index (χ1v) is 6.56. The summed E-state index contributed by atoms with van der Waals surface area (Å²) in [6.07, 6.45) is 0.598. The second-order valence-electron chi connectivity index (χ2n) is 5.12. The van der Waals surface area contributed by atoms with Crippen LogP contribution in [0.1, 0.15) is 17.8 Å². The van der Waals surface area contributed by atoms with Crippen molar-refractivity contribution in [1.82, 2.24) is 15.1 Å². The highest BCUT2D eigenvalue weighted by Gasteiger charge is 2.34. The maximum absolute atomic E-state index is 11.9. The van der Waals surface area contributed by atoms with E-state index < -0.39 is 6.10 Å². The van der Waals surface area contributed by atoms with Gasteiger partial charge in [-0.25, -0.2) is 0 Å². The highest BCUT2D eigenvalue weighted by Crippen LogP contribution is 2.21. The molecule has 1 amide bonds. The highest BCUT2D eigenvalue weighted by atomic mass is 16.5. The van der Waals surface area contributed by atoms with E-state index in [0.717, 1.165) is 11.4 Å². The summed E-state index contributed by atoms with van der Waals surface area (Å²) in [5.41, 5.74) is 1.95. The number of hydrogen-bond donors (Lipinski definition) is 2. The van der Waals surface area contributed by atoms with Crippen molar-refractivity contribution in [3.63, 3.8) is 0 Å². The minimum Gasteiger partial charge on any atom is -0.391 e. The van der Waals surface area contributed by atoms with Crippen LogP contribution in [0.3, 0.4) is 0 Å². The first-order chi connectivity index (χ1) is 9.10. The van der Waals surface area contributed by atoms with Crippen molar-refractivity contribution in [3.8, 4) is 0 Å². The summed E-state index contributed by atoms with van der Waals surface area (Å²) in [5.74, 6) is 0.107. The molecule has 0 radical (unpaired) electrons. The number of methoxy groups -OCH3 is 1. The molecule has 0 spiro atoms. The Hall–Kier alpha value is -1.40. The van der Waals surface area contributed by atoms with Gasteiger partial charge < -0.3 is 14.7 Å². The summed E-state index contributed by atoms with van der Waals surface area (Å²) < 4.78 is 4.90. The zero-order chi connectivity index (χ0) is 13.8. The van der Waals surface area contributed by atoms with E-state index in [0.29, 0.717) is 32.5 Å². The number of hydrogen-bond acceptors (Lipinski definition) is 4. The number of carbonyl (C=O) groups excluding carboxylic acids is 1. The van der Waals surface area contributed by atoms with Crippen LogP contribution in [-0.2, 0) is 16.0 Å². The highest BCUT2D eigenvalue weighted by molar-refractivity contribution is 5.76. The number of aromatic amines is 1. The lowest BCUT2D eigenvalue weighted by atomic mass is 10.0. The van der Waals surface area contributed by atoms with Crippen LogP contribution < -0.4 is 0 Å². The Labute approximate surface area is 112 Å².